The molecule has 2 nitrogen and oxygen atoms in total. The molecule has 1 fully saturated rings. The number of anilines is 1. The lowest BCUT2D eigenvalue weighted by molar-refractivity contribution is 0.480. The minimum Gasteiger partial charge on any atom is -0.344 e. The van der Waals surface area contributed by atoms with Crippen molar-refractivity contribution in [1.29, 1.82) is 0 Å². The van der Waals surface area contributed by atoms with E-state index in [4.69, 9.17) is 11.6 Å². The van der Waals surface area contributed by atoms with E-state index in [1.807, 2.05) is 13.1 Å². The van der Waals surface area contributed by atoms with Crippen LogP contribution in [0.1, 0.15) is 11.1 Å². The van der Waals surface area contributed by atoms with Gasteiger partial charge in [0.2, 0.25) is 0 Å². The molecule has 1 aliphatic heterocycles. The van der Waals surface area contributed by atoms with E-state index in [2.05, 4.69) is 36.4 Å². The summed E-state index contributed by atoms with van der Waals surface area (Å²) >= 11 is 6.26. The molecule has 0 N–H and O–H groups in total. The van der Waals surface area contributed by atoms with Crippen LogP contribution in [0.25, 0.3) is 0 Å². The number of hydrogen-bond donors (Lipinski definition) is 0. The maximum atomic E-state index is 6.26. The van der Waals surface area contributed by atoms with Gasteiger partial charge in [0.05, 0.1) is 10.7 Å². The third-order valence-electron chi connectivity index (χ3n) is 2.62. The molecule has 15 heavy (non-hydrogen) atoms. The van der Waals surface area contributed by atoms with Gasteiger partial charge < -0.3 is 4.90 Å². The largest absolute Gasteiger partial charge is 0.344 e. The van der Waals surface area contributed by atoms with Crippen LogP contribution >= 0.6 is 11.6 Å². The molecule has 0 saturated carbocycles. The van der Waals surface area contributed by atoms with Crippen molar-refractivity contribution in [1.82, 2.24) is 4.90 Å². The molecule has 0 atom stereocenters. The van der Waals surface area contributed by atoms with Gasteiger partial charge in [-0.25, -0.2) is 0 Å². The van der Waals surface area contributed by atoms with Gasteiger partial charge in [0, 0.05) is 13.1 Å². The molecule has 0 aromatic heterocycles. The van der Waals surface area contributed by atoms with Crippen LogP contribution in [0.15, 0.2) is 12.1 Å². The van der Waals surface area contributed by atoms with E-state index in [1.165, 1.54) is 11.1 Å². The third-order valence-corrected chi connectivity index (χ3v) is 2.91. The monoisotopic (exact) mass is 222 g/mol. The van der Waals surface area contributed by atoms with E-state index in [9.17, 15) is 0 Å². The molecule has 3 heteroatoms. The number of rotatable bonds is 1. The molecule has 0 unspecified atom stereocenters. The Kier molecular flexibility index (Phi) is 2.89. The maximum absolute atomic E-state index is 6.26. The second-order valence-electron chi connectivity index (χ2n) is 4.09. The summed E-state index contributed by atoms with van der Waals surface area (Å²) in [4.78, 5) is 4.15. The Hall–Kier alpha value is -0.730. The highest BCUT2D eigenvalue weighted by atomic mass is 35.5. The van der Waals surface area contributed by atoms with E-state index < -0.39 is 0 Å². The van der Waals surface area contributed by atoms with Crippen LogP contribution in [0, 0.1) is 20.5 Å². The Morgan fingerprint density at radius 2 is 2.00 bits per heavy atom. The fraction of sp³-hybridized carbons (Fsp3) is 0.417. The van der Waals surface area contributed by atoms with Gasteiger partial charge in [-0.15, -0.1) is 0 Å². The van der Waals surface area contributed by atoms with Gasteiger partial charge >= 0.3 is 0 Å². The van der Waals surface area contributed by atoms with Gasteiger partial charge in [0.25, 0.3) is 0 Å². The highest BCUT2D eigenvalue weighted by molar-refractivity contribution is 6.33. The fourth-order valence-electron chi connectivity index (χ4n) is 1.97. The Morgan fingerprint density at radius 1 is 1.27 bits per heavy atom. The van der Waals surface area contributed by atoms with Gasteiger partial charge in [-0.3, -0.25) is 4.90 Å². The van der Waals surface area contributed by atoms with Crippen LogP contribution in [0.2, 0.25) is 5.02 Å². The zero-order valence-corrected chi connectivity index (χ0v) is 10.1. The quantitative estimate of drug-likeness (QED) is 0.721. The molecule has 80 valence electrons. The normalized spacial score (nSPS) is 17.5. The number of hydrogen-bond acceptors (Lipinski definition) is 2. The SMILES string of the molecule is Cc1cc(C)c(N2[C]N(C)CC2)c(Cl)c1. The number of benzene rings is 1. The van der Waals surface area contributed by atoms with Crippen LogP contribution in [0.5, 0.6) is 0 Å². The second kappa shape index (κ2) is 4.03. The van der Waals surface area contributed by atoms with E-state index in [0.29, 0.717) is 0 Å². The molecule has 1 heterocycles. The van der Waals surface area contributed by atoms with Crippen LogP contribution < -0.4 is 4.90 Å². The van der Waals surface area contributed by atoms with Crippen molar-refractivity contribution >= 4 is 17.3 Å². The summed E-state index contributed by atoms with van der Waals surface area (Å²) in [6.07, 6.45) is 0. The van der Waals surface area contributed by atoms with Crippen molar-refractivity contribution in [2.45, 2.75) is 13.8 Å². The Bertz CT molecular complexity index is 353. The maximum Gasteiger partial charge on any atom is 0.177 e. The Labute approximate surface area is 96.4 Å². The highest BCUT2D eigenvalue weighted by Crippen LogP contribution is 2.33. The minimum absolute atomic E-state index is 0.815. The summed E-state index contributed by atoms with van der Waals surface area (Å²) in [5, 5.41) is 0.815. The topological polar surface area (TPSA) is 6.48 Å². The molecule has 0 bridgehead atoms. The lowest BCUT2D eigenvalue weighted by Crippen LogP contribution is -2.17. The molecule has 0 amide bonds. The van der Waals surface area contributed by atoms with Gasteiger partial charge in [0.15, 0.2) is 6.67 Å². The summed E-state index contributed by atoms with van der Waals surface area (Å²) in [5.74, 6) is 0. The summed E-state index contributed by atoms with van der Waals surface area (Å²) in [7, 11) is 2.03. The molecule has 0 spiro atoms. The summed E-state index contributed by atoms with van der Waals surface area (Å²) in [6, 6.07) is 4.16. The van der Waals surface area contributed by atoms with E-state index in [1.54, 1.807) is 0 Å². The average Bonchev–Trinajstić information content (AvgIpc) is 2.49. The lowest BCUT2D eigenvalue weighted by Gasteiger charge is -2.20. The predicted molar refractivity (Wildman–Crippen MR) is 64.1 cm³/mol. The van der Waals surface area contributed by atoms with Crippen LogP contribution in [0.4, 0.5) is 5.69 Å². The first-order chi connectivity index (χ1) is 7.08. The predicted octanol–water partition coefficient (Wildman–Crippen LogP) is 2.70. The van der Waals surface area contributed by atoms with Crippen LogP contribution in [-0.4, -0.2) is 25.0 Å². The van der Waals surface area contributed by atoms with Crippen molar-refractivity contribution in [3.05, 3.63) is 35.0 Å². The van der Waals surface area contributed by atoms with Crippen molar-refractivity contribution in [2.24, 2.45) is 0 Å². The zero-order valence-electron chi connectivity index (χ0n) is 9.34. The molecular formula is C12H15ClN2. The molecule has 1 aromatic carbocycles. The summed E-state index contributed by atoms with van der Waals surface area (Å²) in [5.41, 5.74) is 3.50. The molecule has 1 saturated heterocycles. The lowest BCUT2D eigenvalue weighted by atomic mass is 10.1. The number of halogens is 1. The average molecular weight is 223 g/mol. The Balaban J connectivity index is 2.35. The molecular weight excluding hydrogens is 208 g/mol. The van der Waals surface area contributed by atoms with Crippen molar-refractivity contribution in [3.63, 3.8) is 0 Å². The Morgan fingerprint density at radius 3 is 2.53 bits per heavy atom. The summed E-state index contributed by atoms with van der Waals surface area (Å²) < 4.78 is 0. The standard InChI is InChI=1S/C12H15ClN2/c1-9-6-10(2)12(11(13)7-9)15-5-4-14(3)8-15/h6-7H,4-5H2,1-3H3. The first-order valence-electron chi connectivity index (χ1n) is 5.09. The summed E-state index contributed by atoms with van der Waals surface area (Å²) in [6.45, 7) is 9.37. The number of nitrogens with zero attached hydrogens (tertiary/aromatic N) is 2. The first kappa shape index (κ1) is 10.8. The van der Waals surface area contributed by atoms with Crippen molar-refractivity contribution in [2.75, 3.05) is 25.0 Å². The zero-order chi connectivity index (χ0) is 11.0. The van der Waals surface area contributed by atoms with Gasteiger partial charge in [-0.05, 0) is 38.1 Å². The fourth-order valence-corrected chi connectivity index (χ4v) is 2.39. The molecule has 0 aliphatic carbocycles. The van der Waals surface area contributed by atoms with Gasteiger partial charge in [-0.2, -0.15) is 0 Å². The first-order valence-corrected chi connectivity index (χ1v) is 5.47. The van der Waals surface area contributed by atoms with Gasteiger partial charge in [0.1, 0.15) is 0 Å². The second-order valence-corrected chi connectivity index (χ2v) is 4.49. The molecule has 2 radical (unpaired) electrons. The molecule has 2 rings (SSSR count). The smallest absolute Gasteiger partial charge is 0.177 e. The third kappa shape index (κ3) is 2.11. The number of aryl methyl sites for hydroxylation is 2. The highest BCUT2D eigenvalue weighted by Gasteiger charge is 2.22. The van der Waals surface area contributed by atoms with Crippen molar-refractivity contribution < 1.29 is 0 Å². The van der Waals surface area contributed by atoms with Gasteiger partial charge in [-0.1, -0.05) is 17.7 Å². The van der Waals surface area contributed by atoms with E-state index >= 15 is 0 Å². The van der Waals surface area contributed by atoms with Crippen molar-refractivity contribution in [3.8, 4) is 0 Å². The number of likely N-dealkylation sites (N-methyl/N-ethyl adjacent to an activating group) is 1. The van der Waals surface area contributed by atoms with E-state index in [-0.39, 0.29) is 0 Å². The minimum atomic E-state index is 0.815. The molecule has 1 aliphatic rings. The molecule has 1 aromatic rings. The van der Waals surface area contributed by atoms with E-state index in [0.717, 1.165) is 23.8 Å². The van der Waals surface area contributed by atoms with Crippen LogP contribution in [0.3, 0.4) is 0 Å². The van der Waals surface area contributed by atoms with Crippen LogP contribution in [-0.2, 0) is 0 Å².